The lowest BCUT2D eigenvalue weighted by molar-refractivity contribution is -0.142. The molecule has 1 heterocycles. The van der Waals surface area contributed by atoms with Crippen molar-refractivity contribution in [3.63, 3.8) is 0 Å². The number of carbonyl (C=O) groups is 4. The first-order chi connectivity index (χ1) is 18.1. The van der Waals surface area contributed by atoms with Gasteiger partial charge in [0.1, 0.15) is 18.1 Å². The largest absolute Gasteiger partial charge is 0.480 e. The number of amides is 3. The van der Waals surface area contributed by atoms with Gasteiger partial charge >= 0.3 is 5.97 Å². The number of para-hydroxylation sites is 1. The van der Waals surface area contributed by atoms with Gasteiger partial charge in [0.15, 0.2) is 0 Å². The molecule has 3 amide bonds. The Bertz CT molecular complexity index is 1270. The molecule has 1 aromatic heterocycles. The third-order valence-corrected chi connectivity index (χ3v) is 6.34. The summed E-state index contributed by atoms with van der Waals surface area (Å²) in [7, 11) is 0. The summed E-state index contributed by atoms with van der Waals surface area (Å²) in [5, 5.41) is 17.9. The number of nitrogens with two attached hydrogens (primary N) is 1. The number of aliphatic carboxylic acids is 1. The Morgan fingerprint density at radius 2 is 1.50 bits per heavy atom. The standard InChI is InChI=1S/C28H35N5O5/c1-16(2)24(27(36)31-17(3)28(37)38)33-26(35)23(13-18-9-5-4-6-10-18)32-25(34)21(29)14-19-15-30-22-12-8-7-11-20(19)22/h4-12,15-17,21,23-24,30H,13-14,29H2,1-3H3,(H,31,36)(H,32,34)(H,33,35)(H,37,38). The summed E-state index contributed by atoms with van der Waals surface area (Å²) >= 11 is 0. The van der Waals surface area contributed by atoms with Crippen molar-refractivity contribution in [3.8, 4) is 0 Å². The van der Waals surface area contributed by atoms with Gasteiger partial charge < -0.3 is 31.8 Å². The third kappa shape index (κ3) is 7.42. The number of carbonyl (C=O) groups excluding carboxylic acids is 3. The van der Waals surface area contributed by atoms with E-state index < -0.39 is 47.9 Å². The van der Waals surface area contributed by atoms with Crippen molar-refractivity contribution in [1.82, 2.24) is 20.9 Å². The second-order valence-corrected chi connectivity index (χ2v) is 9.72. The molecule has 0 saturated heterocycles. The molecule has 0 spiro atoms. The number of H-pyrrole nitrogens is 1. The highest BCUT2D eigenvalue weighted by molar-refractivity contribution is 5.94. The highest BCUT2D eigenvalue weighted by Crippen LogP contribution is 2.19. The number of hydrogen-bond acceptors (Lipinski definition) is 5. The Hall–Kier alpha value is -4.18. The first kappa shape index (κ1) is 28.4. The zero-order valence-corrected chi connectivity index (χ0v) is 21.7. The zero-order chi connectivity index (χ0) is 27.8. The lowest BCUT2D eigenvalue weighted by atomic mass is 10.00. The van der Waals surface area contributed by atoms with E-state index in [-0.39, 0.29) is 18.8 Å². The molecule has 2 aromatic carbocycles. The Morgan fingerprint density at radius 3 is 2.16 bits per heavy atom. The Balaban J connectivity index is 1.75. The molecule has 202 valence electrons. The van der Waals surface area contributed by atoms with E-state index in [1.807, 2.05) is 60.8 Å². The van der Waals surface area contributed by atoms with E-state index >= 15 is 0 Å². The number of rotatable bonds is 12. The van der Waals surface area contributed by atoms with Crippen molar-refractivity contribution in [2.45, 2.75) is 57.8 Å². The van der Waals surface area contributed by atoms with Gasteiger partial charge in [-0.05, 0) is 36.5 Å². The molecular formula is C28H35N5O5. The van der Waals surface area contributed by atoms with Crippen LogP contribution in [0.3, 0.4) is 0 Å². The molecule has 0 fully saturated rings. The Kier molecular flexibility index (Phi) is 9.61. The van der Waals surface area contributed by atoms with Crippen LogP contribution in [0.15, 0.2) is 60.8 Å². The lowest BCUT2D eigenvalue weighted by Crippen LogP contribution is -2.58. The fourth-order valence-electron chi connectivity index (χ4n) is 4.12. The molecule has 4 unspecified atom stereocenters. The van der Waals surface area contributed by atoms with E-state index in [1.54, 1.807) is 13.8 Å². The summed E-state index contributed by atoms with van der Waals surface area (Å²) in [6.45, 7) is 4.81. The summed E-state index contributed by atoms with van der Waals surface area (Å²) in [6, 6.07) is 12.8. The number of nitrogens with one attached hydrogen (secondary N) is 4. The van der Waals surface area contributed by atoms with Gasteiger partial charge in [0.25, 0.3) is 0 Å². The van der Waals surface area contributed by atoms with Crippen molar-refractivity contribution in [2.75, 3.05) is 0 Å². The third-order valence-electron chi connectivity index (χ3n) is 6.34. The summed E-state index contributed by atoms with van der Waals surface area (Å²) in [5.41, 5.74) is 8.88. The van der Waals surface area contributed by atoms with Crippen LogP contribution in [-0.4, -0.2) is 57.9 Å². The smallest absolute Gasteiger partial charge is 0.325 e. The van der Waals surface area contributed by atoms with Gasteiger partial charge in [0.05, 0.1) is 6.04 Å². The van der Waals surface area contributed by atoms with E-state index in [1.165, 1.54) is 6.92 Å². The summed E-state index contributed by atoms with van der Waals surface area (Å²) in [5.74, 6) is -3.22. The molecule has 7 N–H and O–H groups in total. The molecule has 10 heteroatoms. The molecule has 0 bridgehead atoms. The highest BCUT2D eigenvalue weighted by Gasteiger charge is 2.31. The van der Waals surface area contributed by atoms with Gasteiger partial charge in [0, 0.05) is 23.5 Å². The maximum Gasteiger partial charge on any atom is 0.325 e. The number of fused-ring (bicyclic) bond motifs is 1. The predicted molar refractivity (Wildman–Crippen MR) is 144 cm³/mol. The van der Waals surface area contributed by atoms with E-state index in [2.05, 4.69) is 20.9 Å². The normalized spacial score (nSPS) is 14.3. The average Bonchev–Trinajstić information content (AvgIpc) is 3.29. The van der Waals surface area contributed by atoms with Crippen LogP contribution in [0.2, 0.25) is 0 Å². The number of aromatic amines is 1. The van der Waals surface area contributed by atoms with E-state index in [9.17, 15) is 19.2 Å². The van der Waals surface area contributed by atoms with Gasteiger partial charge in [-0.2, -0.15) is 0 Å². The first-order valence-electron chi connectivity index (χ1n) is 12.5. The van der Waals surface area contributed by atoms with Crippen LogP contribution < -0.4 is 21.7 Å². The number of carboxylic acid groups (broad SMARTS) is 1. The minimum atomic E-state index is -1.19. The highest BCUT2D eigenvalue weighted by atomic mass is 16.4. The van der Waals surface area contributed by atoms with Crippen LogP contribution in [0, 0.1) is 5.92 Å². The Labute approximate surface area is 221 Å². The van der Waals surface area contributed by atoms with E-state index in [4.69, 9.17) is 10.8 Å². The second-order valence-electron chi connectivity index (χ2n) is 9.72. The van der Waals surface area contributed by atoms with Crippen LogP contribution in [0.25, 0.3) is 10.9 Å². The molecule has 0 saturated carbocycles. The van der Waals surface area contributed by atoms with Gasteiger partial charge in [-0.3, -0.25) is 19.2 Å². The fourth-order valence-corrected chi connectivity index (χ4v) is 4.12. The van der Waals surface area contributed by atoms with Crippen molar-refractivity contribution in [1.29, 1.82) is 0 Å². The van der Waals surface area contributed by atoms with Crippen LogP contribution >= 0.6 is 0 Å². The molecule has 3 rings (SSSR count). The summed E-state index contributed by atoms with van der Waals surface area (Å²) in [6.07, 6.45) is 2.26. The predicted octanol–water partition coefficient (Wildman–Crippen LogP) is 1.50. The summed E-state index contributed by atoms with van der Waals surface area (Å²) < 4.78 is 0. The SMILES string of the molecule is CC(NC(=O)C(NC(=O)C(Cc1ccccc1)NC(=O)C(N)Cc1c[nH]c2ccccc12)C(C)C)C(=O)O. The minimum absolute atomic E-state index is 0.177. The second kappa shape index (κ2) is 12.9. The van der Waals surface area contributed by atoms with Crippen LogP contribution in [-0.2, 0) is 32.0 Å². The monoisotopic (exact) mass is 521 g/mol. The van der Waals surface area contributed by atoms with Crippen molar-refractivity contribution in [2.24, 2.45) is 11.7 Å². The van der Waals surface area contributed by atoms with Gasteiger partial charge in [0.2, 0.25) is 17.7 Å². The Morgan fingerprint density at radius 1 is 0.842 bits per heavy atom. The molecule has 3 aromatic rings. The molecule has 4 atom stereocenters. The molecule has 0 aliphatic carbocycles. The van der Waals surface area contributed by atoms with Crippen LogP contribution in [0.4, 0.5) is 0 Å². The van der Waals surface area contributed by atoms with Gasteiger partial charge in [-0.15, -0.1) is 0 Å². The van der Waals surface area contributed by atoms with Crippen molar-refractivity contribution < 1.29 is 24.3 Å². The first-order valence-corrected chi connectivity index (χ1v) is 12.5. The zero-order valence-electron chi connectivity index (χ0n) is 21.7. The lowest BCUT2D eigenvalue weighted by Gasteiger charge is -2.26. The molecule has 38 heavy (non-hydrogen) atoms. The van der Waals surface area contributed by atoms with Gasteiger partial charge in [-0.1, -0.05) is 62.4 Å². The fraction of sp³-hybridized carbons (Fsp3) is 0.357. The average molecular weight is 522 g/mol. The quantitative estimate of drug-likeness (QED) is 0.211. The topological polar surface area (TPSA) is 166 Å². The molecule has 0 aliphatic rings. The number of hydrogen-bond donors (Lipinski definition) is 6. The van der Waals surface area contributed by atoms with Crippen molar-refractivity contribution >= 4 is 34.6 Å². The van der Waals surface area contributed by atoms with E-state index in [0.29, 0.717) is 0 Å². The molecule has 10 nitrogen and oxygen atoms in total. The number of benzene rings is 2. The maximum absolute atomic E-state index is 13.4. The number of aromatic nitrogens is 1. The molecular weight excluding hydrogens is 486 g/mol. The molecule has 0 radical (unpaired) electrons. The van der Waals surface area contributed by atoms with Crippen molar-refractivity contribution in [3.05, 3.63) is 71.9 Å². The molecule has 0 aliphatic heterocycles. The summed E-state index contributed by atoms with van der Waals surface area (Å²) in [4.78, 5) is 53.5. The van der Waals surface area contributed by atoms with Gasteiger partial charge in [-0.25, -0.2) is 0 Å². The number of carboxylic acids is 1. The van der Waals surface area contributed by atoms with Crippen LogP contribution in [0.5, 0.6) is 0 Å². The van der Waals surface area contributed by atoms with Crippen LogP contribution in [0.1, 0.15) is 31.9 Å². The maximum atomic E-state index is 13.4. The minimum Gasteiger partial charge on any atom is -0.480 e. The van der Waals surface area contributed by atoms with E-state index in [0.717, 1.165) is 22.0 Å².